The van der Waals surface area contributed by atoms with E-state index in [2.05, 4.69) is 0 Å². The lowest BCUT2D eigenvalue weighted by Gasteiger charge is -2.29. The molecule has 16 heavy (non-hydrogen) atoms. The average molecular weight is 228 g/mol. The maximum absolute atomic E-state index is 12.7. The van der Waals surface area contributed by atoms with Crippen LogP contribution in [0, 0.1) is 0 Å². The van der Waals surface area contributed by atoms with Crippen molar-refractivity contribution in [1.29, 1.82) is 0 Å². The molecule has 1 aromatic carbocycles. The van der Waals surface area contributed by atoms with Gasteiger partial charge in [0.1, 0.15) is 11.4 Å². The third-order valence-electron chi connectivity index (χ3n) is 2.40. The molecule has 0 amide bonds. The molecule has 1 aromatic rings. The SMILES string of the molecule is CC1(C)C=Cc2c(cccc2C(F)(F)F)O1. The summed E-state index contributed by atoms with van der Waals surface area (Å²) < 4.78 is 43.5. The first-order chi connectivity index (χ1) is 7.30. The van der Waals surface area contributed by atoms with Gasteiger partial charge in [-0.05, 0) is 32.1 Å². The summed E-state index contributed by atoms with van der Waals surface area (Å²) in [5.41, 5.74) is -1.11. The van der Waals surface area contributed by atoms with Gasteiger partial charge in [0, 0.05) is 5.56 Å². The molecule has 0 fully saturated rings. The number of hydrogen-bond acceptors (Lipinski definition) is 1. The van der Waals surface area contributed by atoms with Crippen LogP contribution in [0.15, 0.2) is 24.3 Å². The normalized spacial score (nSPS) is 17.8. The molecule has 1 aliphatic heterocycles. The first kappa shape index (κ1) is 11.0. The Kier molecular flexibility index (Phi) is 2.26. The molecule has 0 radical (unpaired) electrons. The van der Waals surface area contributed by atoms with Gasteiger partial charge in [0.15, 0.2) is 0 Å². The van der Waals surface area contributed by atoms with Gasteiger partial charge in [0.2, 0.25) is 0 Å². The second-order valence-electron chi connectivity index (χ2n) is 4.25. The molecule has 0 aromatic heterocycles. The van der Waals surface area contributed by atoms with Gasteiger partial charge < -0.3 is 4.74 Å². The highest BCUT2D eigenvalue weighted by Crippen LogP contribution is 2.40. The van der Waals surface area contributed by atoms with Crippen molar-refractivity contribution < 1.29 is 17.9 Å². The van der Waals surface area contributed by atoms with E-state index >= 15 is 0 Å². The van der Waals surface area contributed by atoms with Crippen LogP contribution >= 0.6 is 0 Å². The maximum atomic E-state index is 12.7. The van der Waals surface area contributed by atoms with E-state index in [1.54, 1.807) is 26.0 Å². The molecule has 0 bridgehead atoms. The Bertz CT molecular complexity index is 444. The molecule has 0 saturated carbocycles. The fraction of sp³-hybridized carbons (Fsp3) is 0.333. The number of rotatable bonds is 0. The Balaban J connectivity index is 2.55. The molecule has 1 heterocycles. The fourth-order valence-corrected chi connectivity index (χ4v) is 1.65. The molecule has 0 N–H and O–H groups in total. The van der Waals surface area contributed by atoms with Gasteiger partial charge in [-0.2, -0.15) is 13.2 Å². The van der Waals surface area contributed by atoms with E-state index in [-0.39, 0.29) is 11.3 Å². The van der Waals surface area contributed by atoms with Gasteiger partial charge in [-0.15, -0.1) is 0 Å². The molecule has 0 saturated heterocycles. The predicted octanol–water partition coefficient (Wildman–Crippen LogP) is 3.89. The summed E-state index contributed by atoms with van der Waals surface area (Å²) in [5.74, 6) is 0.280. The zero-order chi connectivity index (χ0) is 12.0. The summed E-state index contributed by atoms with van der Waals surface area (Å²) in [4.78, 5) is 0. The highest BCUT2D eigenvalue weighted by molar-refractivity contribution is 5.65. The van der Waals surface area contributed by atoms with Crippen LogP contribution in [0.5, 0.6) is 5.75 Å². The molecule has 1 nitrogen and oxygen atoms in total. The monoisotopic (exact) mass is 228 g/mol. The van der Waals surface area contributed by atoms with Crippen LogP contribution in [0.2, 0.25) is 0 Å². The van der Waals surface area contributed by atoms with E-state index in [9.17, 15) is 13.2 Å². The lowest BCUT2D eigenvalue weighted by Crippen LogP contribution is -2.28. The molecular weight excluding hydrogens is 217 g/mol. The lowest BCUT2D eigenvalue weighted by molar-refractivity contribution is -0.137. The molecule has 0 atom stereocenters. The Labute approximate surface area is 91.5 Å². The summed E-state index contributed by atoms with van der Waals surface area (Å²) in [5, 5.41) is 0. The van der Waals surface area contributed by atoms with Crippen LogP contribution in [-0.2, 0) is 6.18 Å². The third kappa shape index (κ3) is 1.92. The second kappa shape index (κ2) is 3.27. The van der Waals surface area contributed by atoms with Gasteiger partial charge in [0.05, 0.1) is 5.56 Å². The number of fused-ring (bicyclic) bond motifs is 1. The molecule has 0 unspecified atom stereocenters. The Hall–Kier alpha value is -1.45. The lowest BCUT2D eigenvalue weighted by atomic mass is 9.98. The fourth-order valence-electron chi connectivity index (χ4n) is 1.65. The zero-order valence-corrected chi connectivity index (χ0v) is 8.93. The quantitative estimate of drug-likeness (QED) is 0.654. The van der Waals surface area contributed by atoms with Crippen molar-refractivity contribution in [3.8, 4) is 5.75 Å². The number of halogens is 3. The molecule has 0 spiro atoms. The number of ether oxygens (including phenoxy) is 1. The van der Waals surface area contributed by atoms with Crippen molar-refractivity contribution in [3.05, 3.63) is 35.4 Å². The summed E-state index contributed by atoms with van der Waals surface area (Å²) in [6, 6.07) is 3.97. The van der Waals surface area contributed by atoms with Crippen molar-refractivity contribution in [2.75, 3.05) is 0 Å². The van der Waals surface area contributed by atoms with Crippen molar-refractivity contribution in [1.82, 2.24) is 0 Å². The van der Waals surface area contributed by atoms with Crippen LogP contribution < -0.4 is 4.74 Å². The number of benzene rings is 1. The van der Waals surface area contributed by atoms with E-state index in [4.69, 9.17) is 4.74 Å². The van der Waals surface area contributed by atoms with Gasteiger partial charge in [-0.3, -0.25) is 0 Å². The molecular formula is C12H11F3O. The summed E-state index contributed by atoms with van der Waals surface area (Å²) in [7, 11) is 0. The minimum atomic E-state index is -4.35. The molecule has 2 rings (SSSR count). The third-order valence-corrected chi connectivity index (χ3v) is 2.40. The Morgan fingerprint density at radius 2 is 1.88 bits per heavy atom. The predicted molar refractivity (Wildman–Crippen MR) is 55.2 cm³/mol. The van der Waals surface area contributed by atoms with Crippen LogP contribution in [0.4, 0.5) is 13.2 Å². The number of alkyl halides is 3. The summed E-state index contributed by atoms with van der Waals surface area (Å²) >= 11 is 0. The van der Waals surface area contributed by atoms with Crippen LogP contribution in [0.25, 0.3) is 6.08 Å². The molecule has 1 aliphatic rings. The minimum Gasteiger partial charge on any atom is -0.483 e. The van der Waals surface area contributed by atoms with Crippen molar-refractivity contribution in [3.63, 3.8) is 0 Å². The largest absolute Gasteiger partial charge is 0.483 e. The zero-order valence-electron chi connectivity index (χ0n) is 8.93. The van der Waals surface area contributed by atoms with Gasteiger partial charge in [-0.1, -0.05) is 12.1 Å². The topological polar surface area (TPSA) is 9.23 Å². The van der Waals surface area contributed by atoms with Crippen molar-refractivity contribution in [2.45, 2.75) is 25.6 Å². The van der Waals surface area contributed by atoms with E-state index in [1.165, 1.54) is 12.1 Å². The highest BCUT2D eigenvalue weighted by Gasteiger charge is 2.35. The van der Waals surface area contributed by atoms with Crippen molar-refractivity contribution >= 4 is 6.08 Å². The standard InChI is InChI=1S/C12H11F3O/c1-11(2)7-6-8-9(12(13,14)15)4-3-5-10(8)16-11/h3-7H,1-2H3. The van der Waals surface area contributed by atoms with Crippen LogP contribution in [0.1, 0.15) is 25.0 Å². The Morgan fingerprint density at radius 1 is 1.19 bits per heavy atom. The molecule has 4 heteroatoms. The second-order valence-corrected chi connectivity index (χ2v) is 4.25. The van der Waals surface area contributed by atoms with Crippen molar-refractivity contribution in [2.24, 2.45) is 0 Å². The van der Waals surface area contributed by atoms with E-state index in [0.29, 0.717) is 0 Å². The molecule has 0 aliphatic carbocycles. The van der Waals surface area contributed by atoms with Gasteiger partial charge in [0.25, 0.3) is 0 Å². The summed E-state index contributed by atoms with van der Waals surface area (Å²) in [6.45, 7) is 3.60. The summed E-state index contributed by atoms with van der Waals surface area (Å²) in [6.07, 6.45) is -1.24. The molecule has 86 valence electrons. The van der Waals surface area contributed by atoms with E-state index in [0.717, 1.165) is 6.07 Å². The van der Waals surface area contributed by atoms with Gasteiger partial charge in [-0.25, -0.2) is 0 Å². The van der Waals surface area contributed by atoms with Crippen LogP contribution in [-0.4, -0.2) is 5.60 Å². The van der Waals surface area contributed by atoms with E-state index in [1.807, 2.05) is 0 Å². The Morgan fingerprint density at radius 3 is 2.50 bits per heavy atom. The maximum Gasteiger partial charge on any atom is 0.417 e. The highest BCUT2D eigenvalue weighted by atomic mass is 19.4. The first-order valence-corrected chi connectivity index (χ1v) is 4.88. The van der Waals surface area contributed by atoms with Crippen LogP contribution in [0.3, 0.4) is 0 Å². The first-order valence-electron chi connectivity index (χ1n) is 4.88. The smallest absolute Gasteiger partial charge is 0.417 e. The van der Waals surface area contributed by atoms with Gasteiger partial charge >= 0.3 is 6.18 Å². The number of hydrogen-bond donors (Lipinski definition) is 0. The minimum absolute atomic E-state index is 0.106. The average Bonchev–Trinajstić information content (AvgIpc) is 2.13. The van der Waals surface area contributed by atoms with E-state index < -0.39 is 17.3 Å².